The molecule has 0 N–H and O–H groups in total. The van der Waals surface area contributed by atoms with Gasteiger partial charge in [-0.3, -0.25) is 0 Å². The van der Waals surface area contributed by atoms with Crippen LogP contribution in [0.15, 0.2) is 60.7 Å². The summed E-state index contributed by atoms with van der Waals surface area (Å²) in [6.07, 6.45) is 2.44. The van der Waals surface area contributed by atoms with Crippen molar-refractivity contribution in [1.29, 1.82) is 5.26 Å². The van der Waals surface area contributed by atoms with Gasteiger partial charge in [-0.15, -0.1) is 0 Å². The average Bonchev–Trinajstić information content (AvgIpc) is 2.48. The van der Waals surface area contributed by atoms with Gasteiger partial charge in [-0.25, -0.2) is 0 Å². The van der Waals surface area contributed by atoms with E-state index in [-0.39, 0.29) is 0 Å². The molecule has 1 aliphatic rings. The summed E-state index contributed by atoms with van der Waals surface area (Å²) in [7, 11) is -2.92. The zero-order valence-electron chi connectivity index (χ0n) is 11.2. The molecule has 1 aliphatic carbocycles. The maximum Gasteiger partial charge on any atom is 0.162 e. The zero-order chi connectivity index (χ0) is 14.1. The monoisotopic (exact) mass is 281 g/mol. The molecule has 0 amide bonds. The average molecular weight is 281 g/mol. The van der Waals surface area contributed by atoms with Crippen LogP contribution in [0.2, 0.25) is 0 Å². The van der Waals surface area contributed by atoms with Crippen LogP contribution in [0.25, 0.3) is 0 Å². The van der Waals surface area contributed by atoms with Crippen molar-refractivity contribution >= 4 is 17.8 Å². The third kappa shape index (κ3) is 1.74. The second-order valence-electron chi connectivity index (χ2n) is 5.28. The predicted octanol–water partition coefficient (Wildman–Crippen LogP) is 3.45. The maximum absolute atomic E-state index is 13.9. The minimum absolute atomic E-state index is 0.713. The summed E-state index contributed by atoms with van der Waals surface area (Å²) in [5.41, 5.74) is 0. The molecule has 2 aromatic rings. The normalized spacial score (nSPS) is 16.9. The van der Waals surface area contributed by atoms with Crippen LogP contribution in [0.4, 0.5) is 0 Å². The first-order chi connectivity index (χ1) is 9.73. The summed E-state index contributed by atoms with van der Waals surface area (Å²) in [6.45, 7) is 0. The Morgan fingerprint density at radius 2 is 1.35 bits per heavy atom. The Balaban J connectivity index is 2.25. The number of hydrogen-bond acceptors (Lipinski definition) is 2. The van der Waals surface area contributed by atoms with Crippen molar-refractivity contribution < 1.29 is 4.57 Å². The first kappa shape index (κ1) is 13.2. The molecule has 3 heteroatoms. The number of hydrogen-bond donors (Lipinski definition) is 0. The Morgan fingerprint density at radius 3 is 1.65 bits per heavy atom. The van der Waals surface area contributed by atoms with Gasteiger partial charge in [0.25, 0.3) is 0 Å². The van der Waals surface area contributed by atoms with E-state index in [9.17, 15) is 9.83 Å². The lowest BCUT2D eigenvalue weighted by Crippen LogP contribution is -2.42. The summed E-state index contributed by atoms with van der Waals surface area (Å²) in [5.74, 6) is 0. The lowest BCUT2D eigenvalue weighted by atomic mass is 9.85. The fraction of sp³-hybridized carbons (Fsp3) is 0.235. The van der Waals surface area contributed by atoms with E-state index in [1.165, 1.54) is 0 Å². The van der Waals surface area contributed by atoms with Gasteiger partial charge in [-0.05, 0) is 19.3 Å². The summed E-state index contributed by atoms with van der Waals surface area (Å²) in [4.78, 5) is 0. The quantitative estimate of drug-likeness (QED) is 0.808. The lowest BCUT2D eigenvalue weighted by Gasteiger charge is -2.42. The molecular weight excluding hydrogens is 265 g/mol. The number of nitrogens with zero attached hydrogens (tertiary/aromatic N) is 1. The fourth-order valence-corrected chi connectivity index (χ4v) is 6.49. The smallest absolute Gasteiger partial charge is 0.162 e. The van der Waals surface area contributed by atoms with Crippen LogP contribution in [-0.4, -0.2) is 5.16 Å². The standard InChI is InChI=1S/C17H16NOP/c18-14-17(12-7-13-17)20(19,15-8-3-1-4-9-15)16-10-5-2-6-11-16/h1-6,8-11H,7,12-13H2. The molecule has 0 bridgehead atoms. The van der Waals surface area contributed by atoms with E-state index < -0.39 is 12.3 Å². The van der Waals surface area contributed by atoms with E-state index >= 15 is 0 Å². The summed E-state index contributed by atoms with van der Waals surface area (Å²) in [6, 6.07) is 21.4. The summed E-state index contributed by atoms with van der Waals surface area (Å²) < 4.78 is 13.9. The van der Waals surface area contributed by atoms with Crippen molar-refractivity contribution in [2.24, 2.45) is 0 Å². The molecule has 0 aromatic heterocycles. The van der Waals surface area contributed by atoms with Crippen LogP contribution < -0.4 is 10.6 Å². The number of benzene rings is 2. The van der Waals surface area contributed by atoms with Crippen LogP contribution in [0, 0.1) is 11.3 Å². The van der Waals surface area contributed by atoms with Gasteiger partial charge in [0.1, 0.15) is 5.16 Å². The van der Waals surface area contributed by atoms with Crippen molar-refractivity contribution in [2.75, 3.05) is 0 Å². The van der Waals surface area contributed by atoms with E-state index in [1.807, 2.05) is 60.7 Å². The fourth-order valence-electron chi connectivity index (χ4n) is 2.93. The van der Waals surface area contributed by atoms with Gasteiger partial charge < -0.3 is 4.57 Å². The Kier molecular flexibility index (Phi) is 3.24. The summed E-state index contributed by atoms with van der Waals surface area (Å²) in [5, 5.41) is 10.6. The van der Waals surface area contributed by atoms with Crippen LogP contribution >= 0.6 is 7.14 Å². The van der Waals surface area contributed by atoms with Crippen molar-refractivity contribution in [3.8, 4) is 6.07 Å². The molecule has 1 saturated carbocycles. The predicted molar refractivity (Wildman–Crippen MR) is 82.0 cm³/mol. The van der Waals surface area contributed by atoms with Gasteiger partial charge in [0.15, 0.2) is 7.14 Å². The highest BCUT2D eigenvalue weighted by atomic mass is 31.2. The van der Waals surface area contributed by atoms with Gasteiger partial charge in [0.05, 0.1) is 6.07 Å². The number of rotatable bonds is 3. The minimum atomic E-state index is -2.92. The topological polar surface area (TPSA) is 40.9 Å². The van der Waals surface area contributed by atoms with Gasteiger partial charge in [-0.1, -0.05) is 60.7 Å². The summed E-state index contributed by atoms with van der Waals surface area (Å²) >= 11 is 0. The second-order valence-corrected chi connectivity index (χ2v) is 8.38. The first-order valence-electron chi connectivity index (χ1n) is 6.86. The Morgan fingerprint density at radius 1 is 0.900 bits per heavy atom. The van der Waals surface area contributed by atoms with Crippen LogP contribution in [0.5, 0.6) is 0 Å². The highest BCUT2D eigenvalue weighted by molar-refractivity contribution is 7.80. The Labute approximate surface area is 119 Å². The first-order valence-corrected chi connectivity index (χ1v) is 8.56. The molecule has 0 heterocycles. The van der Waals surface area contributed by atoms with Crippen molar-refractivity contribution in [2.45, 2.75) is 24.4 Å². The maximum atomic E-state index is 13.9. The second kappa shape index (κ2) is 4.93. The molecule has 0 aliphatic heterocycles. The van der Waals surface area contributed by atoms with E-state index in [2.05, 4.69) is 6.07 Å². The van der Waals surface area contributed by atoms with E-state index in [0.29, 0.717) is 0 Å². The largest absolute Gasteiger partial charge is 0.312 e. The van der Waals surface area contributed by atoms with E-state index in [1.54, 1.807) is 0 Å². The molecule has 1 fully saturated rings. The van der Waals surface area contributed by atoms with Crippen molar-refractivity contribution in [3.63, 3.8) is 0 Å². The third-order valence-corrected chi connectivity index (χ3v) is 8.03. The molecule has 20 heavy (non-hydrogen) atoms. The van der Waals surface area contributed by atoms with Crippen molar-refractivity contribution in [3.05, 3.63) is 60.7 Å². The number of nitriles is 1. The van der Waals surface area contributed by atoms with E-state index in [0.717, 1.165) is 29.9 Å². The van der Waals surface area contributed by atoms with Crippen LogP contribution in [-0.2, 0) is 4.57 Å². The third-order valence-electron chi connectivity index (χ3n) is 4.23. The van der Waals surface area contributed by atoms with Crippen LogP contribution in [0.1, 0.15) is 19.3 Å². The van der Waals surface area contributed by atoms with E-state index in [4.69, 9.17) is 0 Å². The highest BCUT2D eigenvalue weighted by Gasteiger charge is 2.54. The molecule has 100 valence electrons. The van der Waals surface area contributed by atoms with Gasteiger partial charge in [-0.2, -0.15) is 5.26 Å². The molecule has 0 saturated heterocycles. The molecular formula is C17H16NOP. The SMILES string of the molecule is N#CC1(P(=O)(c2ccccc2)c2ccccc2)CCC1. The van der Waals surface area contributed by atoms with Gasteiger partial charge in [0, 0.05) is 10.6 Å². The minimum Gasteiger partial charge on any atom is -0.312 e. The van der Waals surface area contributed by atoms with Crippen molar-refractivity contribution in [1.82, 2.24) is 0 Å². The lowest BCUT2D eigenvalue weighted by molar-refractivity contribution is 0.413. The van der Waals surface area contributed by atoms with Gasteiger partial charge >= 0.3 is 0 Å². The molecule has 0 atom stereocenters. The molecule has 2 nitrogen and oxygen atoms in total. The molecule has 0 spiro atoms. The molecule has 2 aromatic carbocycles. The Hall–Kier alpha value is -1.84. The van der Waals surface area contributed by atoms with Gasteiger partial charge in [0.2, 0.25) is 0 Å². The molecule has 0 radical (unpaired) electrons. The molecule has 0 unspecified atom stereocenters. The Bertz CT molecular complexity index is 640. The highest BCUT2D eigenvalue weighted by Crippen LogP contribution is 2.64. The van der Waals surface area contributed by atoms with Crippen LogP contribution in [0.3, 0.4) is 0 Å². The zero-order valence-corrected chi connectivity index (χ0v) is 12.1. The molecule has 3 rings (SSSR count).